The van der Waals surface area contributed by atoms with Crippen molar-refractivity contribution in [3.05, 3.63) is 83.4 Å². The molecule has 2 rings (SSSR count). The molecule has 0 aliphatic rings. The van der Waals surface area contributed by atoms with Gasteiger partial charge in [0.05, 0.1) is 11.6 Å². The first-order valence-electron chi connectivity index (χ1n) is 9.67. The van der Waals surface area contributed by atoms with Crippen molar-refractivity contribution in [3.63, 3.8) is 0 Å². The van der Waals surface area contributed by atoms with Crippen LogP contribution in [0.4, 0.5) is 8.78 Å². The number of hydrogen-bond donors (Lipinski definition) is 0. The van der Waals surface area contributed by atoms with Gasteiger partial charge in [0.25, 0.3) is 0 Å². The van der Waals surface area contributed by atoms with Crippen molar-refractivity contribution in [2.45, 2.75) is 53.9 Å². The Bertz CT molecular complexity index is 737. The lowest BCUT2D eigenvalue weighted by atomic mass is 9.89. The van der Waals surface area contributed by atoms with Crippen molar-refractivity contribution in [1.82, 2.24) is 0 Å². The Morgan fingerprint density at radius 3 is 1.93 bits per heavy atom. The molecule has 0 aliphatic carbocycles. The monoisotopic (exact) mass is 385 g/mol. The first-order valence-corrected chi connectivity index (χ1v) is 9.67. The third-order valence-electron chi connectivity index (χ3n) is 4.16. The number of rotatable bonds is 4. The second kappa shape index (κ2) is 13.7. The molecule has 152 valence electrons. The lowest BCUT2D eigenvalue weighted by Gasteiger charge is -2.17. The number of hydrogen-bond acceptors (Lipinski definition) is 1. The molecule has 1 unspecified atom stereocenters. The molecule has 0 aromatic heterocycles. The molecule has 0 spiro atoms. The van der Waals surface area contributed by atoms with E-state index in [-0.39, 0.29) is 17.4 Å². The van der Waals surface area contributed by atoms with Crippen LogP contribution in [0.2, 0.25) is 0 Å². The maximum atomic E-state index is 13.2. The first-order chi connectivity index (χ1) is 13.2. The molecule has 2 aromatic carbocycles. The van der Waals surface area contributed by atoms with E-state index in [1.54, 1.807) is 6.08 Å². The topological polar surface area (TPSA) is 23.8 Å². The van der Waals surface area contributed by atoms with Gasteiger partial charge in [0, 0.05) is 5.56 Å². The van der Waals surface area contributed by atoms with Crippen LogP contribution >= 0.6 is 0 Å². The summed E-state index contributed by atoms with van der Waals surface area (Å²) in [5.41, 5.74) is 2.22. The molecular weight excluding hydrogens is 352 g/mol. The largest absolute Gasteiger partial charge is 0.207 e. The SMILES string of the molecule is C=CC.CC(C)C(C)c1c(F)cccc1F.CC(C)Cc1cccc(C#N)c1. The molecule has 1 atom stereocenters. The Morgan fingerprint density at radius 1 is 1.00 bits per heavy atom. The van der Waals surface area contributed by atoms with E-state index in [9.17, 15) is 8.78 Å². The predicted octanol–water partition coefficient (Wildman–Crippen LogP) is 7.67. The summed E-state index contributed by atoms with van der Waals surface area (Å²) >= 11 is 0. The van der Waals surface area contributed by atoms with Gasteiger partial charge in [-0.1, -0.05) is 58.9 Å². The maximum absolute atomic E-state index is 13.2. The number of nitrogens with zero attached hydrogens (tertiary/aromatic N) is 1. The van der Waals surface area contributed by atoms with Crippen LogP contribution in [0.15, 0.2) is 55.1 Å². The fraction of sp³-hybridized carbons (Fsp3) is 0.400. The summed E-state index contributed by atoms with van der Waals surface area (Å²) in [6.45, 7) is 15.4. The molecular formula is C25H33F2N. The Labute approximate surface area is 169 Å². The first kappa shape index (κ1) is 25.5. The number of benzene rings is 2. The normalized spacial score (nSPS) is 10.9. The van der Waals surface area contributed by atoms with Gasteiger partial charge in [0.2, 0.25) is 0 Å². The van der Waals surface area contributed by atoms with Crippen LogP contribution in [-0.4, -0.2) is 0 Å². The van der Waals surface area contributed by atoms with E-state index in [1.807, 2.05) is 45.9 Å². The third kappa shape index (κ3) is 9.46. The molecule has 0 saturated carbocycles. The van der Waals surface area contributed by atoms with Crippen LogP contribution in [0.3, 0.4) is 0 Å². The lowest BCUT2D eigenvalue weighted by Crippen LogP contribution is -2.07. The standard InChI is InChI=1S/C11H14F2.C11H13N.C3H6/c1-7(2)8(3)11-9(12)5-4-6-10(11)13;1-9(2)6-10-4-3-5-11(7-10)8-12;1-3-2/h4-8H,1-3H3;3-5,7,9H,6H2,1-2H3;3H,1H2,2H3. The minimum absolute atomic E-state index is 0.0822. The van der Waals surface area contributed by atoms with E-state index in [0.717, 1.165) is 12.0 Å². The summed E-state index contributed by atoms with van der Waals surface area (Å²) in [6.07, 6.45) is 2.80. The minimum Gasteiger partial charge on any atom is -0.207 e. The maximum Gasteiger partial charge on any atom is 0.129 e. The van der Waals surface area contributed by atoms with Crippen LogP contribution in [0.1, 0.15) is 64.2 Å². The van der Waals surface area contributed by atoms with Gasteiger partial charge in [0.15, 0.2) is 0 Å². The zero-order valence-corrected chi connectivity index (χ0v) is 18.0. The van der Waals surface area contributed by atoms with Crippen LogP contribution < -0.4 is 0 Å². The summed E-state index contributed by atoms with van der Waals surface area (Å²) < 4.78 is 26.4. The highest BCUT2D eigenvalue weighted by Gasteiger charge is 2.18. The van der Waals surface area contributed by atoms with Gasteiger partial charge in [-0.2, -0.15) is 5.26 Å². The van der Waals surface area contributed by atoms with Gasteiger partial charge in [-0.05, 0) is 60.9 Å². The van der Waals surface area contributed by atoms with Crippen LogP contribution in [0, 0.1) is 34.8 Å². The minimum atomic E-state index is -0.443. The average molecular weight is 386 g/mol. The molecule has 0 heterocycles. The van der Waals surface area contributed by atoms with Crippen LogP contribution in [-0.2, 0) is 6.42 Å². The highest BCUT2D eigenvalue weighted by molar-refractivity contribution is 5.32. The lowest BCUT2D eigenvalue weighted by molar-refractivity contribution is 0.468. The second-order valence-corrected chi connectivity index (χ2v) is 7.49. The van der Waals surface area contributed by atoms with Crippen molar-refractivity contribution in [2.24, 2.45) is 11.8 Å². The summed E-state index contributed by atoms with van der Waals surface area (Å²) in [5, 5.41) is 8.65. The molecule has 0 bridgehead atoms. The van der Waals surface area contributed by atoms with Crippen molar-refractivity contribution in [3.8, 4) is 6.07 Å². The van der Waals surface area contributed by atoms with Crippen LogP contribution in [0.25, 0.3) is 0 Å². The van der Waals surface area contributed by atoms with Gasteiger partial charge in [-0.25, -0.2) is 8.78 Å². The Morgan fingerprint density at radius 2 is 1.50 bits per heavy atom. The molecule has 3 heteroatoms. The fourth-order valence-electron chi connectivity index (χ4n) is 2.52. The molecule has 2 aromatic rings. The summed E-state index contributed by atoms with van der Waals surface area (Å²) in [5.74, 6) is -0.0751. The van der Waals surface area contributed by atoms with Crippen molar-refractivity contribution < 1.29 is 8.78 Å². The molecule has 0 radical (unpaired) electrons. The molecule has 0 fully saturated rings. The Kier molecular flexibility index (Phi) is 12.5. The molecule has 0 N–H and O–H groups in total. The number of halogens is 2. The van der Waals surface area contributed by atoms with Gasteiger partial charge >= 0.3 is 0 Å². The van der Waals surface area contributed by atoms with E-state index >= 15 is 0 Å². The highest BCUT2D eigenvalue weighted by atomic mass is 19.1. The van der Waals surface area contributed by atoms with E-state index in [1.165, 1.54) is 23.8 Å². The van der Waals surface area contributed by atoms with Gasteiger partial charge < -0.3 is 0 Å². The molecule has 28 heavy (non-hydrogen) atoms. The summed E-state index contributed by atoms with van der Waals surface area (Å²) in [4.78, 5) is 0. The van der Waals surface area contributed by atoms with Gasteiger partial charge in [-0.15, -0.1) is 6.58 Å². The Hall–Kier alpha value is -2.47. The van der Waals surface area contributed by atoms with E-state index < -0.39 is 11.6 Å². The van der Waals surface area contributed by atoms with Crippen LogP contribution in [0.5, 0.6) is 0 Å². The Balaban J connectivity index is 0.000000458. The van der Waals surface area contributed by atoms with E-state index in [0.29, 0.717) is 5.92 Å². The second-order valence-electron chi connectivity index (χ2n) is 7.49. The highest BCUT2D eigenvalue weighted by Crippen LogP contribution is 2.28. The van der Waals surface area contributed by atoms with Gasteiger partial charge in [0.1, 0.15) is 11.6 Å². The average Bonchev–Trinajstić information content (AvgIpc) is 2.62. The van der Waals surface area contributed by atoms with Crippen molar-refractivity contribution in [1.29, 1.82) is 5.26 Å². The summed E-state index contributed by atoms with van der Waals surface area (Å²) in [7, 11) is 0. The van der Waals surface area contributed by atoms with Crippen molar-refractivity contribution in [2.75, 3.05) is 0 Å². The number of allylic oxidation sites excluding steroid dienone is 1. The van der Waals surface area contributed by atoms with E-state index in [4.69, 9.17) is 5.26 Å². The predicted molar refractivity (Wildman–Crippen MR) is 115 cm³/mol. The third-order valence-corrected chi connectivity index (χ3v) is 4.16. The van der Waals surface area contributed by atoms with Gasteiger partial charge in [-0.3, -0.25) is 0 Å². The zero-order chi connectivity index (χ0) is 21.7. The molecule has 1 nitrogen and oxygen atoms in total. The quantitative estimate of drug-likeness (QED) is 0.495. The van der Waals surface area contributed by atoms with Crippen molar-refractivity contribution >= 4 is 0 Å². The molecule has 0 aliphatic heterocycles. The fourth-order valence-corrected chi connectivity index (χ4v) is 2.52. The zero-order valence-electron chi connectivity index (χ0n) is 18.0. The van der Waals surface area contributed by atoms with E-state index in [2.05, 4.69) is 32.6 Å². The number of nitriles is 1. The molecule has 0 saturated heterocycles. The summed E-state index contributed by atoms with van der Waals surface area (Å²) in [6, 6.07) is 13.9. The smallest absolute Gasteiger partial charge is 0.129 e. The molecule has 0 amide bonds.